The fourth-order valence-electron chi connectivity index (χ4n) is 4.04. The van der Waals surface area contributed by atoms with Crippen molar-refractivity contribution in [3.8, 4) is 0 Å². The molecule has 0 saturated carbocycles. The number of benzene rings is 2. The monoisotopic (exact) mass is 548 g/mol. The highest BCUT2D eigenvalue weighted by molar-refractivity contribution is 6.48. The van der Waals surface area contributed by atoms with Gasteiger partial charge in [0, 0.05) is 12.1 Å². The summed E-state index contributed by atoms with van der Waals surface area (Å²) in [5.74, 6) is -1.38. The summed E-state index contributed by atoms with van der Waals surface area (Å²) in [4.78, 5) is 26.3. The van der Waals surface area contributed by atoms with Gasteiger partial charge in [0.1, 0.15) is 6.04 Å². The highest BCUT2D eigenvalue weighted by Crippen LogP contribution is 2.38. The third-order valence-electron chi connectivity index (χ3n) is 6.88. The summed E-state index contributed by atoms with van der Waals surface area (Å²) in [5.41, 5.74) is 0.283. The standard InChI is InChI=1S/C27H35BCl2N2O5/c1-26(2)27(3,4)37-28(36-26)23(13-9-12-18-10-7-6-8-11-18)32-25(34)22(17-35-5)31-24(33)20-16-19(29)14-15-21(20)30/h6-8,10-11,14-16,22-23H,9,12-13,17H2,1-5H3,(H,31,33)(H,32,34). The van der Waals surface area contributed by atoms with Crippen LogP contribution in [0.5, 0.6) is 0 Å². The molecule has 1 aliphatic heterocycles. The Hall–Kier alpha value is -2.10. The van der Waals surface area contributed by atoms with E-state index in [1.165, 1.54) is 24.8 Å². The minimum Gasteiger partial charge on any atom is -0.402 e. The summed E-state index contributed by atoms with van der Waals surface area (Å²) < 4.78 is 17.8. The third-order valence-corrected chi connectivity index (χ3v) is 7.44. The molecule has 2 N–H and O–H groups in total. The molecule has 2 aromatic rings. The Bertz CT molecular complexity index is 1070. The van der Waals surface area contributed by atoms with Crippen molar-refractivity contribution in [3.05, 3.63) is 69.7 Å². The van der Waals surface area contributed by atoms with Gasteiger partial charge in [-0.2, -0.15) is 0 Å². The maximum absolute atomic E-state index is 13.4. The van der Waals surface area contributed by atoms with E-state index >= 15 is 0 Å². The molecule has 2 amide bonds. The number of rotatable bonds is 11. The van der Waals surface area contributed by atoms with E-state index in [9.17, 15) is 9.59 Å². The van der Waals surface area contributed by atoms with E-state index in [-0.39, 0.29) is 17.2 Å². The van der Waals surface area contributed by atoms with Crippen LogP contribution < -0.4 is 10.6 Å². The van der Waals surface area contributed by atoms with Gasteiger partial charge in [0.25, 0.3) is 5.91 Å². The molecule has 0 spiro atoms. The van der Waals surface area contributed by atoms with E-state index < -0.39 is 42.1 Å². The van der Waals surface area contributed by atoms with Crippen LogP contribution in [0.4, 0.5) is 0 Å². The molecule has 2 atom stereocenters. The Balaban J connectivity index is 1.74. The number of nitrogens with one attached hydrogen (secondary N) is 2. The van der Waals surface area contributed by atoms with Crippen molar-refractivity contribution in [2.24, 2.45) is 0 Å². The van der Waals surface area contributed by atoms with E-state index in [1.807, 2.05) is 45.9 Å². The molecule has 1 fully saturated rings. The minimum atomic E-state index is -0.966. The maximum atomic E-state index is 13.4. The van der Waals surface area contributed by atoms with Crippen molar-refractivity contribution in [1.29, 1.82) is 0 Å². The maximum Gasteiger partial charge on any atom is 0.481 e. The SMILES string of the molecule is COCC(NC(=O)c1cc(Cl)ccc1Cl)C(=O)NC(CCCc1ccccc1)B1OC(C)(C)C(C)(C)O1. The van der Waals surface area contributed by atoms with E-state index in [2.05, 4.69) is 22.8 Å². The molecule has 1 aliphatic rings. The molecule has 0 radical (unpaired) electrons. The Morgan fingerprint density at radius 3 is 2.27 bits per heavy atom. The molecule has 10 heteroatoms. The number of carbonyl (C=O) groups excluding carboxylic acids is 2. The number of ether oxygens (including phenoxy) is 1. The highest BCUT2D eigenvalue weighted by atomic mass is 35.5. The molecule has 0 aliphatic carbocycles. The van der Waals surface area contributed by atoms with Crippen molar-refractivity contribution < 1.29 is 23.6 Å². The quantitative estimate of drug-likeness (QED) is 0.391. The van der Waals surface area contributed by atoms with Crippen LogP contribution in [-0.2, 0) is 25.3 Å². The fourth-order valence-corrected chi connectivity index (χ4v) is 4.42. The van der Waals surface area contributed by atoms with Gasteiger partial charge in [-0.1, -0.05) is 53.5 Å². The van der Waals surface area contributed by atoms with Crippen LogP contribution >= 0.6 is 23.2 Å². The van der Waals surface area contributed by atoms with Crippen molar-refractivity contribution in [1.82, 2.24) is 10.6 Å². The zero-order valence-corrected chi connectivity index (χ0v) is 23.5. The normalized spacial score (nSPS) is 17.8. The molecule has 200 valence electrons. The van der Waals surface area contributed by atoms with Gasteiger partial charge in [-0.15, -0.1) is 0 Å². The molecule has 2 aromatic carbocycles. The van der Waals surface area contributed by atoms with Crippen LogP contribution in [0.2, 0.25) is 10.0 Å². The van der Waals surface area contributed by atoms with Gasteiger partial charge in [0.05, 0.1) is 34.3 Å². The van der Waals surface area contributed by atoms with Crippen molar-refractivity contribution in [2.45, 2.75) is 70.1 Å². The summed E-state index contributed by atoms with van der Waals surface area (Å²) in [7, 11) is 0.815. The number of hydrogen-bond acceptors (Lipinski definition) is 5. The molecule has 2 unspecified atom stereocenters. The first-order chi connectivity index (χ1) is 17.4. The second-order valence-corrected chi connectivity index (χ2v) is 11.1. The average Bonchev–Trinajstić information content (AvgIpc) is 3.06. The molecular formula is C27H35BCl2N2O5. The molecule has 1 saturated heterocycles. The lowest BCUT2D eigenvalue weighted by Gasteiger charge is -2.32. The van der Waals surface area contributed by atoms with Crippen molar-refractivity contribution in [3.63, 3.8) is 0 Å². The zero-order chi connectivity index (χ0) is 27.2. The second kappa shape index (κ2) is 12.6. The Morgan fingerprint density at radius 1 is 1.00 bits per heavy atom. The third kappa shape index (κ3) is 7.71. The number of halogens is 2. The van der Waals surface area contributed by atoms with Crippen LogP contribution in [0.3, 0.4) is 0 Å². The minimum absolute atomic E-state index is 0.0319. The number of hydrogen-bond donors (Lipinski definition) is 2. The molecule has 3 rings (SSSR count). The number of carbonyl (C=O) groups is 2. The van der Waals surface area contributed by atoms with Crippen LogP contribution in [0, 0.1) is 0 Å². The van der Waals surface area contributed by atoms with Gasteiger partial charge < -0.3 is 24.7 Å². The van der Waals surface area contributed by atoms with Gasteiger partial charge in [-0.25, -0.2) is 0 Å². The number of methoxy groups -OCH3 is 1. The van der Waals surface area contributed by atoms with E-state index in [4.69, 9.17) is 37.2 Å². The Labute approximate surface area is 229 Å². The highest BCUT2D eigenvalue weighted by Gasteiger charge is 2.54. The summed E-state index contributed by atoms with van der Waals surface area (Å²) in [6, 6.07) is 13.8. The summed E-state index contributed by atoms with van der Waals surface area (Å²) >= 11 is 12.2. The van der Waals surface area contributed by atoms with Crippen molar-refractivity contribution in [2.75, 3.05) is 13.7 Å². The van der Waals surface area contributed by atoms with Crippen LogP contribution in [0.1, 0.15) is 56.5 Å². The average molecular weight is 549 g/mol. The Morgan fingerprint density at radius 2 is 1.65 bits per heavy atom. The van der Waals surface area contributed by atoms with Crippen LogP contribution in [0.25, 0.3) is 0 Å². The van der Waals surface area contributed by atoms with E-state index in [0.717, 1.165) is 12.8 Å². The molecule has 7 nitrogen and oxygen atoms in total. The smallest absolute Gasteiger partial charge is 0.402 e. The fraction of sp³-hybridized carbons (Fsp3) is 0.481. The number of aryl methyl sites for hydroxylation is 1. The largest absolute Gasteiger partial charge is 0.481 e. The van der Waals surface area contributed by atoms with Crippen LogP contribution in [0.15, 0.2) is 48.5 Å². The topological polar surface area (TPSA) is 85.9 Å². The van der Waals surface area contributed by atoms with E-state index in [1.54, 1.807) is 6.07 Å². The van der Waals surface area contributed by atoms with Crippen LogP contribution in [-0.4, -0.2) is 55.8 Å². The van der Waals surface area contributed by atoms with Gasteiger partial charge in [0.2, 0.25) is 5.91 Å². The second-order valence-electron chi connectivity index (χ2n) is 10.2. The Kier molecular flexibility index (Phi) is 10.1. The summed E-state index contributed by atoms with van der Waals surface area (Å²) in [6.07, 6.45) is 2.27. The first kappa shape index (κ1) is 29.5. The first-order valence-electron chi connectivity index (χ1n) is 12.4. The summed E-state index contributed by atoms with van der Waals surface area (Å²) in [6.45, 7) is 7.85. The molecule has 0 aromatic heterocycles. The lowest BCUT2D eigenvalue weighted by Crippen LogP contribution is -2.56. The predicted octanol–water partition coefficient (Wildman–Crippen LogP) is 4.88. The van der Waals surface area contributed by atoms with Crippen molar-refractivity contribution >= 4 is 42.1 Å². The lowest BCUT2D eigenvalue weighted by molar-refractivity contribution is -0.124. The van der Waals surface area contributed by atoms with Gasteiger partial charge in [-0.3, -0.25) is 9.59 Å². The van der Waals surface area contributed by atoms with Gasteiger partial charge in [0.15, 0.2) is 0 Å². The zero-order valence-electron chi connectivity index (χ0n) is 22.0. The van der Waals surface area contributed by atoms with Gasteiger partial charge >= 0.3 is 7.12 Å². The lowest BCUT2D eigenvalue weighted by atomic mass is 9.75. The van der Waals surface area contributed by atoms with E-state index in [0.29, 0.717) is 11.4 Å². The number of amides is 2. The molecular weight excluding hydrogens is 514 g/mol. The predicted molar refractivity (Wildman–Crippen MR) is 147 cm³/mol. The summed E-state index contributed by atoms with van der Waals surface area (Å²) in [5, 5.41) is 6.35. The molecule has 0 bridgehead atoms. The molecule has 37 heavy (non-hydrogen) atoms. The first-order valence-corrected chi connectivity index (χ1v) is 13.1. The van der Waals surface area contributed by atoms with Gasteiger partial charge in [-0.05, 0) is 70.7 Å². The molecule has 1 heterocycles.